The Morgan fingerprint density at radius 1 is 1.41 bits per heavy atom. The number of halogens is 2. The molecular formula is C13H15F2NO. The molecule has 1 N–H and O–H groups in total. The number of likely N-dealkylation sites (N-methyl/N-ethyl adjacent to an activating group) is 1. The molecule has 2 nitrogen and oxygen atoms in total. The summed E-state index contributed by atoms with van der Waals surface area (Å²) in [6.07, 6.45) is 1.69. The van der Waals surface area contributed by atoms with Gasteiger partial charge in [0.15, 0.2) is 0 Å². The maximum atomic E-state index is 14.0. The van der Waals surface area contributed by atoms with Crippen molar-refractivity contribution >= 4 is 11.0 Å². The van der Waals surface area contributed by atoms with Gasteiger partial charge in [-0.2, -0.15) is 0 Å². The van der Waals surface area contributed by atoms with E-state index in [1.165, 1.54) is 18.4 Å². The summed E-state index contributed by atoms with van der Waals surface area (Å²) in [7, 11) is 0. The molecule has 0 saturated carbocycles. The lowest BCUT2D eigenvalue weighted by Gasteiger charge is -2.13. The van der Waals surface area contributed by atoms with Crippen LogP contribution < -0.4 is 5.32 Å². The van der Waals surface area contributed by atoms with Crippen LogP contribution in [0, 0.1) is 11.6 Å². The SMILES string of the molecule is CCNC(C)Cc1c(F)cc2occc2c1F. The minimum Gasteiger partial charge on any atom is -0.464 e. The van der Waals surface area contributed by atoms with Crippen molar-refractivity contribution in [3.8, 4) is 0 Å². The van der Waals surface area contributed by atoms with Gasteiger partial charge in [0.2, 0.25) is 0 Å². The zero-order valence-corrected chi connectivity index (χ0v) is 9.89. The summed E-state index contributed by atoms with van der Waals surface area (Å²) < 4.78 is 32.8. The van der Waals surface area contributed by atoms with Gasteiger partial charge in [-0.15, -0.1) is 0 Å². The average molecular weight is 239 g/mol. The molecule has 0 aliphatic heterocycles. The number of benzene rings is 1. The van der Waals surface area contributed by atoms with E-state index in [1.807, 2.05) is 13.8 Å². The third-order valence-electron chi connectivity index (χ3n) is 2.81. The van der Waals surface area contributed by atoms with Gasteiger partial charge in [-0.3, -0.25) is 0 Å². The van der Waals surface area contributed by atoms with Crippen molar-refractivity contribution < 1.29 is 13.2 Å². The largest absolute Gasteiger partial charge is 0.464 e. The molecule has 0 aliphatic carbocycles. The Labute approximate surface area is 98.6 Å². The Kier molecular flexibility index (Phi) is 3.43. The van der Waals surface area contributed by atoms with Crippen LogP contribution in [0.3, 0.4) is 0 Å². The smallest absolute Gasteiger partial charge is 0.140 e. The van der Waals surface area contributed by atoms with Crippen molar-refractivity contribution in [2.45, 2.75) is 26.3 Å². The summed E-state index contributed by atoms with van der Waals surface area (Å²) in [4.78, 5) is 0. The number of nitrogens with one attached hydrogen (secondary N) is 1. The molecule has 0 amide bonds. The lowest BCUT2D eigenvalue weighted by molar-refractivity contribution is 0.510. The summed E-state index contributed by atoms with van der Waals surface area (Å²) in [5.41, 5.74) is 0.368. The van der Waals surface area contributed by atoms with Crippen LogP contribution in [-0.2, 0) is 6.42 Å². The molecule has 1 aromatic heterocycles. The van der Waals surface area contributed by atoms with Gasteiger partial charge in [0.1, 0.15) is 17.2 Å². The molecule has 1 unspecified atom stereocenters. The first-order valence-corrected chi connectivity index (χ1v) is 5.71. The fourth-order valence-corrected chi connectivity index (χ4v) is 2.00. The molecule has 17 heavy (non-hydrogen) atoms. The molecular weight excluding hydrogens is 224 g/mol. The molecule has 4 heteroatoms. The van der Waals surface area contributed by atoms with Gasteiger partial charge in [0.25, 0.3) is 0 Å². The van der Waals surface area contributed by atoms with Crippen LogP contribution in [-0.4, -0.2) is 12.6 Å². The Morgan fingerprint density at radius 3 is 2.88 bits per heavy atom. The predicted molar refractivity (Wildman–Crippen MR) is 63.0 cm³/mol. The van der Waals surface area contributed by atoms with Crippen molar-refractivity contribution in [1.82, 2.24) is 5.32 Å². The second-order valence-corrected chi connectivity index (χ2v) is 4.15. The Hall–Kier alpha value is -1.42. The van der Waals surface area contributed by atoms with E-state index in [4.69, 9.17) is 4.42 Å². The first kappa shape index (κ1) is 12.0. The molecule has 0 spiro atoms. The fraction of sp³-hybridized carbons (Fsp3) is 0.385. The van der Waals surface area contributed by atoms with E-state index in [2.05, 4.69) is 5.32 Å². The highest BCUT2D eigenvalue weighted by Crippen LogP contribution is 2.25. The zero-order valence-electron chi connectivity index (χ0n) is 9.89. The predicted octanol–water partition coefficient (Wildman–Crippen LogP) is 3.25. The molecule has 1 aromatic carbocycles. The second kappa shape index (κ2) is 4.84. The van der Waals surface area contributed by atoms with Crippen molar-refractivity contribution in [2.75, 3.05) is 6.54 Å². The minimum absolute atomic E-state index is 0.0355. The Balaban J connectivity index is 2.38. The average Bonchev–Trinajstić information content (AvgIpc) is 2.72. The number of hydrogen-bond acceptors (Lipinski definition) is 2. The third kappa shape index (κ3) is 2.31. The molecule has 1 atom stereocenters. The van der Waals surface area contributed by atoms with E-state index in [1.54, 1.807) is 0 Å². The topological polar surface area (TPSA) is 25.2 Å². The van der Waals surface area contributed by atoms with Crippen LogP contribution in [0.25, 0.3) is 11.0 Å². The van der Waals surface area contributed by atoms with E-state index >= 15 is 0 Å². The standard InChI is InChI=1S/C13H15F2NO/c1-3-16-8(2)6-10-11(14)7-12-9(13(10)15)4-5-17-12/h4-5,7-8,16H,3,6H2,1-2H3. The summed E-state index contributed by atoms with van der Waals surface area (Å²) in [5, 5.41) is 3.47. The monoisotopic (exact) mass is 239 g/mol. The number of rotatable bonds is 4. The van der Waals surface area contributed by atoms with Crippen LogP contribution >= 0.6 is 0 Å². The molecule has 0 saturated heterocycles. The zero-order chi connectivity index (χ0) is 12.4. The molecule has 0 aliphatic rings. The Morgan fingerprint density at radius 2 is 2.18 bits per heavy atom. The van der Waals surface area contributed by atoms with E-state index in [0.717, 1.165) is 6.54 Å². The molecule has 0 radical (unpaired) electrons. The van der Waals surface area contributed by atoms with Crippen molar-refractivity contribution in [2.24, 2.45) is 0 Å². The number of fused-ring (bicyclic) bond motifs is 1. The van der Waals surface area contributed by atoms with Crippen molar-refractivity contribution in [3.63, 3.8) is 0 Å². The number of hydrogen-bond donors (Lipinski definition) is 1. The molecule has 0 bridgehead atoms. The van der Waals surface area contributed by atoms with Gasteiger partial charge in [-0.25, -0.2) is 8.78 Å². The fourth-order valence-electron chi connectivity index (χ4n) is 2.00. The van der Waals surface area contributed by atoms with E-state index in [0.29, 0.717) is 11.8 Å². The van der Waals surface area contributed by atoms with Gasteiger partial charge >= 0.3 is 0 Å². The normalized spacial score (nSPS) is 13.2. The first-order chi connectivity index (χ1) is 8.13. The van der Waals surface area contributed by atoms with Crippen LogP contribution in [0.2, 0.25) is 0 Å². The lowest BCUT2D eigenvalue weighted by Crippen LogP contribution is -2.28. The number of furan rings is 1. The molecule has 1 heterocycles. The Bertz CT molecular complexity index is 521. The van der Waals surface area contributed by atoms with Gasteiger partial charge in [-0.1, -0.05) is 6.92 Å². The van der Waals surface area contributed by atoms with Crippen LogP contribution in [0.15, 0.2) is 22.8 Å². The molecule has 92 valence electrons. The van der Waals surface area contributed by atoms with Gasteiger partial charge in [-0.05, 0) is 26.0 Å². The van der Waals surface area contributed by atoms with Crippen LogP contribution in [0.4, 0.5) is 8.78 Å². The quantitative estimate of drug-likeness (QED) is 0.886. The summed E-state index contributed by atoms with van der Waals surface area (Å²) in [5.74, 6) is -1.06. The van der Waals surface area contributed by atoms with E-state index < -0.39 is 11.6 Å². The van der Waals surface area contributed by atoms with E-state index in [-0.39, 0.29) is 17.2 Å². The van der Waals surface area contributed by atoms with E-state index in [9.17, 15) is 8.78 Å². The lowest BCUT2D eigenvalue weighted by atomic mass is 10.0. The maximum absolute atomic E-state index is 14.0. The minimum atomic E-state index is -0.547. The first-order valence-electron chi connectivity index (χ1n) is 5.71. The maximum Gasteiger partial charge on any atom is 0.140 e. The third-order valence-corrected chi connectivity index (χ3v) is 2.81. The molecule has 2 rings (SSSR count). The highest BCUT2D eigenvalue weighted by molar-refractivity contribution is 5.78. The van der Waals surface area contributed by atoms with Crippen LogP contribution in [0.1, 0.15) is 19.4 Å². The second-order valence-electron chi connectivity index (χ2n) is 4.15. The summed E-state index contributed by atoms with van der Waals surface area (Å²) in [6, 6.07) is 2.80. The van der Waals surface area contributed by atoms with Gasteiger partial charge in [0.05, 0.1) is 11.6 Å². The molecule has 2 aromatic rings. The highest BCUT2D eigenvalue weighted by atomic mass is 19.1. The summed E-state index contributed by atoms with van der Waals surface area (Å²) in [6.45, 7) is 4.64. The van der Waals surface area contributed by atoms with Crippen LogP contribution in [0.5, 0.6) is 0 Å². The van der Waals surface area contributed by atoms with Crippen molar-refractivity contribution in [1.29, 1.82) is 0 Å². The highest BCUT2D eigenvalue weighted by Gasteiger charge is 2.17. The molecule has 0 fully saturated rings. The van der Waals surface area contributed by atoms with Gasteiger partial charge in [0, 0.05) is 17.7 Å². The summed E-state index contributed by atoms with van der Waals surface area (Å²) >= 11 is 0. The van der Waals surface area contributed by atoms with Crippen molar-refractivity contribution in [3.05, 3.63) is 35.6 Å². The van der Waals surface area contributed by atoms with Gasteiger partial charge < -0.3 is 9.73 Å².